The molecular weight excluding hydrogens is 439 g/mol. The number of anilines is 2. The number of nitrogens with one attached hydrogen (secondary N) is 1. The SMILES string of the molecule is N#CC1CC(N(C(=O)O)C2CCCCC2)CCC1n1cc(C(N)=O)c(Nc2ccc(F)cc2)n1. The van der Waals surface area contributed by atoms with E-state index in [0.29, 0.717) is 24.9 Å². The van der Waals surface area contributed by atoms with Crippen molar-refractivity contribution in [1.82, 2.24) is 14.7 Å². The van der Waals surface area contributed by atoms with Crippen molar-refractivity contribution in [2.24, 2.45) is 11.7 Å². The van der Waals surface area contributed by atoms with Crippen molar-refractivity contribution in [1.29, 1.82) is 5.26 Å². The fourth-order valence-electron chi connectivity index (χ4n) is 5.31. The molecule has 0 saturated heterocycles. The van der Waals surface area contributed by atoms with Crippen LogP contribution < -0.4 is 11.1 Å². The number of nitrogens with zero attached hydrogens (tertiary/aromatic N) is 4. The van der Waals surface area contributed by atoms with Gasteiger partial charge in [-0.15, -0.1) is 0 Å². The lowest BCUT2D eigenvalue weighted by Crippen LogP contribution is -2.50. The average Bonchev–Trinajstić information content (AvgIpc) is 3.25. The Kier molecular flexibility index (Phi) is 7.01. The predicted octanol–water partition coefficient (Wildman–Crippen LogP) is 4.41. The molecule has 2 fully saturated rings. The molecule has 0 bridgehead atoms. The molecule has 1 heterocycles. The van der Waals surface area contributed by atoms with Gasteiger partial charge in [0.15, 0.2) is 5.82 Å². The smallest absolute Gasteiger partial charge is 0.407 e. The number of carbonyl (C=O) groups is 2. The molecule has 0 aliphatic heterocycles. The van der Waals surface area contributed by atoms with Gasteiger partial charge in [0, 0.05) is 24.0 Å². The summed E-state index contributed by atoms with van der Waals surface area (Å²) in [5.74, 6) is -1.30. The van der Waals surface area contributed by atoms with Crippen LogP contribution >= 0.6 is 0 Å². The molecule has 0 spiro atoms. The van der Waals surface area contributed by atoms with Crippen LogP contribution in [0.2, 0.25) is 0 Å². The third-order valence-electron chi connectivity index (χ3n) is 6.98. The number of nitriles is 1. The van der Waals surface area contributed by atoms with Gasteiger partial charge in [-0.2, -0.15) is 10.4 Å². The summed E-state index contributed by atoms with van der Waals surface area (Å²) in [5, 5.41) is 27.3. The molecule has 2 aliphatic carbocycles. The highest BCUT2D eigenvalue weighted by Gasteiger charge is 2.39. The van der Waals surface area contributed by atoms with Crippen LogP contribution in [-0.4, -0.2) is 43.9 Å². The van der Waals surface area contributed by atoms with Gasteiger partial charge in [0.1, 0.15) is 11.4 Å². The molecule has 4 rings (SSSR count). The zero-order valence-electron chi connectivity index (χ0n) is 18.9. The van der Waals surface area contributed by atoms with Gasteiger partial charge < -0.3 is 21.1 Å². The number of nitrogens with two attached hydrogens (primary N) is 1. The van der Waals surface area contributed by atoms with E-state index in [-0.39, 0.29) is 35.3 Å². The number of aromatic nitrogens is 2. The summed E-state index contributed by atoms with van der Waals surface area (Å²) >= 11 is 0. The second-order valence-corrected chi connectivity index (χ2v) is 9.12. The van der Waals surface area contributed by atoms with Crippen molar-refractivity contribution in [2.45, 2.75) is 69.5 Å². The molecule has 0 radical (unpaired) electrons. The molecule has 3 atom stereocenters. The van der Waals surface area contributed by atoms with Gasteiger partial charge in [0.25, 0.3) is 5.91 Å². The van der Waals surface area contributed by atoms with Gasteiger partial charge in [0.05, 0.1) is 18.0 Å². The molecule has 4 N–H and O–H groups in total. The van der Waals surface area contributed by atoms with Crippen molar-refractivity contribution >= 4 is 23.5 Å². The molecule has 2 aromatic rings. The second kappa shape index (κ2) is 10.1. The van der Waals surface area contributed by atoms with E-state index in [2.05, 4.69) is 16.5 Å². The monoisotopic (exact) mass is 468 g/mol. The zero-order valence-corrected chi connectivity index (χ0v) is 18.9. The van der Waals surface area contributed by atoms with Crippen molar-refractivity contribution < 1.29 is 19.1 Å². The number of primary amides is 1. The highest BCUT2D eigenvalue weighted by Crippen LogP contribution is 2.38. The Labute approximate surface area is 197 Å². The Morgan fingerprint density at radius 2 is 1.85 bits per heavy atom. The summed E-state index contributed by atoms with van der Waals surface area (Å²) in [7, 11) is 0. The Morgan fingerprint density at radius 1 is 1.15 bits per heavy atom. The van der Waals surface area contributed by atoms with Crippen LogP contribution in [0.25, 0.3) is 0 Å². The van der Waals surface area contributed by atoms with Gasteiger partial charge in [-0.25, -0.2) is 9.18 Å². The Bertz CT molecular complexity index is 1070. The summed E-state index contributed by atoms with van der Waals surface area (Å²) in [6.45, 7) is 0. The minimum Gasteiger partial charge on any atom is -0.465 e. The van der Waals surface area contributed by atoms with Crippen molar-refractivity contribution in [2.75, 3.05) is 5.32 Å². The minimum absolute atomic E-state index is 0.00447. The largest absolute Gasteiger partial charge is 0.465 e. The van der Waals surface area contributed by atoms with E-state index >= 15 is 0 Å². The van der Waals surface area contributed by atoms with E-state index in [1.807, 2.05) is 0 Å². The van der Waals surface area contributed by atoms with Crippen molar-refractivity contribution in [3.05, 3.63) is 41.8 Å². The molecule has 1 aromatic heterocycles. The van der Waals surface area contributed by atoms with E-state index in [4.69, 9.17) is 5.73 Å². The van der Waals surface area contributed by atoms with Gasteiger partial charge in [-0.05, 0) is 56.4 Å². The number of hydrogen-bond acceptors (Lipinski definition) is 5. The first-order valence-electron chi connectivity index (χ1n) is 11.7. The van der Waals surface area contributed by atoms with E-state index in [1.54, 1.807) is 9.58 Å². The lowest BCUT2D eigenvalue weighted by molar-refractivity contribution is 0.0556. The predicted molar refractivity (Wildman–Crippen MR) is 123 cm³/mol. The molecule has 10 heteroatoms. The van der Waals surface area contributed by atoms with Gasteiger partial charge in [0.2, 0.25) is 0 Å². The molecule has 180 valence electrons. The molecule has 1 aromatic carbocycles. The fraction of sp³-hybridized carbons (Fsp3) is 0.500. The highest BCUT2D eigenvalue weighted by molar-refractivity contribution is 5.98. The van der Waals surface area contributed by atoms with Crippen LogP contribution in [-0.2, 0) is 0 Å². The average molecular weight is 469 g/mol. The number of amides is 2. The summed E-state index contributed by atoms with van der Waals surface area (Å²) in [6, 6.07) is 7.43. The van der Waals surface area contributed by atoms with Crippen LogP contribution in [0, 0.1) is 23.1 Å². The maximum atomic E-state index is 13.2. The number of carboxylic acid groups (broad SMARTS) is 1. The third kappa shape index (κ3) is 4.98. The first-order valence-corrected chi connectivity index (χ1v) is 11.7. The molecule has 2 saturated carbocycles. The fourth-order valence-corrected chi connectivity index (χ4v) is 5.31. The van der Waals surface area contributed by atoms with Crippen molar-refractivity contribution in [3.63, 3.8) is 0 Å². The number of rotatable bonds is 6. The highest BCUT2D eigenvalue weighted by atomic mass is 19.1. The molecule has 2 aliphatic rings. The van der Waals surface area contributed by atoms with Crippen LogP contribution in [0.5, 0.6) is 0 Å². The molecule has 9 nitrogen and oxygen atoms in total. The summed E-state index contributed by atoms with van der Waals surface area (Å²) in [6.07, 6.45) is 7.09. The van der Waals surface area contributed by atoms with Crippen LogP contribution in [0.15, 0.2) is 30.5 Å². The molecular formula is C24H29FN6O3. The zero-order chi connectivity index (χ0) is 24.2. The van der Waals surface area contributed by atoms with E-state index < -0.39 is 17.9 Å². The van der Waals surface area contributed by atoms with Gasteiger partial charge in [-0.1, -0.05) is 19.3 Å². The van der Waals surface area contributed by atoms with E-state index in [0.717, 1.165) is 32.1 Å². The normalized spacial score (nSPS) is 23.1. The number of benzene rings is 1. The third-order valence-corrected chi connectivity index (χ3v) is 6.98. The molecule has 34 heavy (non-hydrogen) atoms. The summed E-state index contributed by atoms with van der Waals surface area (Å²) in [4.78, 5) is 25.7. The quantitative estimate of drug-likeness (QED) is 0.574. The maximum absolute atomic E-state index is 13.2. The number of hydrogen-bond donors (Lipinski definition) is 3. The molecule has 2 amide bonds. The Balaban J connectivity index is 1.54. The number of halogens is 1. The van der Waals surface area contributed by atoms with Gasteiger partial charge >= 0.3 is 6.09 Å². The van der Waals surface area contributed by atoms with E-state index in [1.165, 1.54) is 30.5 Å². The van der Waals surface area contributed by atoms with Crippen LogP contribution in [0.1, 0.15) is 67.8 Å². The molecule has 3 unspecified atom stereocenters. The topological polar surface area (TPSA) is 137 Å². The maximum Gasteiger partial charge on any atom is 0.407 e. The Morgan fingerprint density at radius 3 is 2.47 bits per heavy atom. The first kappa shape index (κ1) is 23.5. The lowest BCUT2D eigenvalue weighted by Gasteiger charge is -2.42. The van der Waals surface area contributed by atoms with Crippen molar-refractivity contribution in [3.8, 4) is 6.07 Å². The second-order valence-electron chi connectivity index (χ2n) is 9.12. The van der Waals surface area contributed by atoms with Crippen LogP contribution in [0.3, 0.4) is 0 Å². The Hall–Kier alpha value is -3.61. The minimum atomic E-state index is -0.923. The summed E-state index contributed by atoms with van der Waals surface area (Å²) < 4.78 is 14.8. The number of carbonyl (C=O) groups excluding carboxylic acids is 1. The first-order chi connectivity index (χ1) is 16.4. The van der Waals surface area contributed by atoms with Crippen LogP contribution in [0.4, 0.5) is 20.7 Å². The summed E-state index contributed by atoms with van der Waals surface area (Å²) in [5.41, 5.74) is 6.26. The standard InChI is InChI=1S/C24H29FN6O3/c25-16-6-8-17(9-7-16)28-23-20(22(27)32)14-30(29-23)21-11-10-19(12-15(21)13-26)31(24(33)34)18-4-2-1-3-5-18/h6-9,14-15,18-19,21H,1-5,10-12H2,(H2,27,32)(H,28,29)(H,33,34). The van der Waals surface area contributed by atoms with E-state index in [9.17, 15) is 24.3 Å². The lowest BCUT2D eigenvalue weighted by atomic mass is 9.80. The van der Waals surface area contributed by atoms with Gasteiger partial charge in [-0.3, -0.25) is 9.48 Å².